The first-order valence-electron chi connectivity index (χ1n) is 8.92. The number of aryl methyl sites for hydroxylation is 1. The van der Waals surface area contributed by atoms with Gasteiger partial charge in [-0.25, -0.2) is 4.39 Å². The Bertz CT molecular complexity index is 1030. The Morgan fingerprint density at radius 3 is 2.43 bits per heavy atom. The summed E-state index contributed by atoms with van der Waals surface area (Å²) in [5, 5.41) is 6.23. The van der Waals surface area contributed by atoms with Crippen molar-refractivity contribution >= 4 is 33.8 Å². The number of hydrogen-bond donors (Lipinski definition) is 2. The van der Waals surface area contributed by atoms with E-state index in [9.17, 15) is 14.0 Å². The van der Waals surface area contributed by atoms with Crippen LogP contribution in [0.2, 0.25) is 0 Å². The standard InChI is InChI=1S/C22H21FN2O2S/c1-13(2)17-9-4-5-10-18(17)24-22(27)20-14(3)11-19(28-20)25-21(26)15-7-6-8-16(23)12-15/h4-13H,1-3H3,(H,24,27)(H,25,26). The molecular weight excluding hydrogens is 375 g/mol. The number of amides is 2. The van der Waals surface area contributed by atoms with Crippen LogP contribution >= 0.6 is 11.3 Å². The molecule has 0 unspecified atom stereocenters. The SMILES string of the molecule is Cc1cc(NC(=O)c2cccc(F)c2)sc1C(=O)Nc1ccccc1C(C)C. The molecule has 0 saturated heterocycles. The third kappa shape index (κ3) is 4.46. The summed E-state index contributed by atoms with van der Waals surface area (Å²) >= 11 is 1.19. The van der Waals surface area contributed by atoms with Gasteiger partial charge in [0, 0.05) is 11.3 Å². The largest absolute Gasteiger partial charge is 0.321 e. The number of benzene rings is 2. The third-order valence-corrected chi connectivity index (χ3v) is 5.43. The molecule has 0 spiro atoms. The predicted octanol–water partition coefficient (Wildman–Crippen LogP) is 5.82. The van der Waals surface area contributed by atoms with Crippen LogP contribution in [-0.2, 0) is 0 Å². The molecule has 6 heteroatoms. The van der Waals surface area contributed by atoms with Crippen LogP contribution in [0.4, 0.5) is 15.1 Å². The smallest absolute Gasteiger partial charge is 0.266 e. The lowest BCUT2D eigenvalue weighted by molar-refractivity contribution is 0.101. The van der Waals surface area contributed by atoms with E-state index in [1.54, 1.807) is 6.07 Å². The van der Waals surface area contributed by atoms with Crippen LogP contribution in [0.3, 0.4) is 0 Å². The predicted molar refractivity (Wildman–Crippen MR) is 112 cm³/mol. The molecule has 1 aromatic heterocycles. The fourth-order valence-electron chi connectivity index (χ4n) is 2.88. The lowest BCUT2D eigenvalue weighted by atomic mass is 10.0. The molecule has 0 aliphatic heterocycles. The summed E-state index contributed by atoms with van der Waals surface area (Å²) in [5.74, 6) is -0.833. The summed E-state index contributed by atoms with van der Waals surface area (Å²) in [6.45, 7) is 5.96. The number of carbonyl (C=O) groups is 2. The highest BCUT2D eigenvalue weighted by Gasteiger charge is 2.17. The molecule has 2 aromatic carbocycles. The van der Waals surface area contributed by atoms with Crippen molar-refractivity contribution in [2.45, 2.75) is 26.7 Å². The molecule has 3 aromatic rings. The highest BCUT2D eigenvalue weighted by atomic mass is 32.1. The number of thiophene rings is 1. The summed E-state index contributed by atoms with van der Waals surface area (Å²) < 4.78 is 13.3. The van der Waals surface area contributed by atoms with Gasteiger partial charge in [-0.3, -0.25) is 9.59 Å². The Hall–Kier alpha value is -2.99. The Kier molecular flexibility index (Phi) is 5.90. The van der Waals surface area contributed by atoms with E-state index in [1.807, 2.05) is 31.2 Å². The van der Waals surface area contributed by atoms with E-state index in [-0.39, 0.29) is 17.4 Å². The lowest BCUT2D eigenvalue weighted by Crippen LogP contribution is -2.13. The fraction of sp³-hybridized carbons (Fsp3) is 0.182. The molecule has 4 nitrogen and oxygen atoms in total. The van der Waals surface area contributed by atoms with Gasteiger partial charge in [0.1, 0.15) is 5.82 Å². The van der Waals surface area contributed by atoms with Gasteiger partial charge in [0.15, 0.2) is 0 Å². The van der Waals surface area contributed by atoms with Gasteiger partial charge < -0.3 is 10.6 Å². The number of hydrogen-bond acceptors (Lipinski definition) is 3. The van der Waals surface area contributed by atoms with Gasteiger partial charge in [0.2, 0.25) is 0 Å². The average Bonchev–Trinajstić information content (AvgIpc) is 3.02. The molecule has 0 fully saturated rings. The van der Waals surface area contributed by atoms with E-state index >= 15 is 0 Å². The second kappa shape index (κ2) is 8.35. The highest BCUT2D eigenvalue weighted by molar-refractivity contribution is 7.18. The zero-order chi connectivity index (χ0) is 20.3. The van der Waals surface area contributed by atoms with Crippen molar-refractivity contribution in [1.29, 1.82) is 0 Å². The van der Waals surface area contributed by atoms with Crippen molar-refractivity contribution in [3.63, 3.8) is 0 Å². The second-order valence-electron chi connectivity index (χ2n) is 6.78. The molecule has 0 saturated carbocycles. The van der Waals surface area contributed by atoms with Gasteiger partial charge >= 0.3 is 0 Å². The van der Waals surface area contributed by atoms with Crippen LogP contribution in [0.15, 0.2) is 54.6 Å². The van der Waals surface area contributed by atoms with Crippen molar-refractivity contribution in [2.75, 3.05) is 10.6 Å². The number of anilines is 2. The van der Waals surface area contributed by atoms with Crippen LogP contribution in [0.25, 0.3) is 0 Å². The van der Waals surface area contributed by atoms with Crippen LogP contribution < -0.4 is 10.6 Å². The summed E-state index contributed by atoms with van der Waals surface area (Å²) in [7, 11) is 0. The molecule has 0 bridgehead atoms. The van der Waals surface area contributed by atoms with Gasteiger partial charge in [-0.15, -0.1) is 11.3 Å². The summed E-state index contributed by atoms with van der Waals surface area (Å²) in [5.41, 5.74) is 2.83. The van der Waals surface area contributed by atoms with Gasteiger partial charge in [-0.2, -0.15) is 0 Å². The average molecular weight is 396 g/mol. The first kappa shape index (κ1) is 19.8. The van der Waals surface area contributed by atoms with Gasteiger partial charge in [0.05, 0.1) is 9.88 Å². The van der Waals surface area contributed by atoms with E-state index in [0.717, 1.165) is 16.8 Å². The molecule has 0 aliphatic carbocycles. The topological polar surface area (TPSA) is 58.2 Å². The fourth-order valence-corrected chi connectivity index (χ4v) is 3.84. The molecule has 3 rings (SSSR count). The summed E-state index contributed by atoms with van der Waals surface area (Å²) in [6, 6.07) is 14.9. The minimum absolute atomic E-state index is 0.221. The maximum atomic E-state index is 13.3. The normalized spacial score (nSPS) is 10.8. The first-order valence-corrected chi connectivity index (χ1v) is 9.74. The third-order valence-electron chi connectivity index (χ3n) is 4.28. The minimum Gasteiger partial charge on any atom is -0.321 e. The number of nitrogens with one attached hydrogen (secondary N) is 2. The van der Waals surface area contributed by atoms with E-state index in [0.29, 0.717) is 9.88 Å². The van der Waals surface area contributed by atoms with Gasteiger partial charge in [-0.1, -0.05) is 38.1 Å². The van der Waals surface area contributed by atoms with Gasteiger partial charge in [-0.05, 0) is 54.3 Å². The Morgan fingerprint density at radius 2 is 1.71 bits per heavy atom. The van der Waals surface area contributed by atoms with Crippen molar-refractivity contribution < 1.29 is 14.0 Å². The van der Waals surface area contributed by atoms with Crippen LogP contribution in [-0.4, -0.2) is 11.8 Å². The van der Waals surface area contributed by atoms with Crippen LogP contribution in [0.5, 0.6) is 0 Å². The van der Waals surface area contributed by atoms with Crippen molar-refractivity contribution in [3.05, 3.63) is 82.0 Å². The van der Waals surface area contributed by atoms with E-state index in [1.165, 1.54) is 35.6 Å². The van der Waals surface area contributed by atoms with Crippen molar-refractivity contribution in [3.8, 4) is 0 Å². The van der Waals surface area contributed by atoms with E-state index < -0.39 is 11.7 Å². The molecule has 0 atom stereocenters. The number of para-hydroxylation sites is 1. The van der Waals surface area contributed by atoms with Crippen molar-refractivity contribution in [1.82, 2.24) is 0 Å². The maximum absolute atomic E-state index is 13.3. The second-order valence-corrected chi connectivity index (χ2v) is 7.84. The van der Waals surface area contributed by atoms with Gasteiger partial charge in [0.25, 0.3) is 11.8 Å². The maximum Gasteiger partial charge on any atom is 0.266 e. The summed E-state index contributed by atoms with van der Waals surface area (Å²) in [6.07, 6.45) is 0. The van der Waals surface area contributed by atoms with Crippen LogP contribution in [0.1, 0.15) is 50.9 Å². The summed E-state index contributed by atoms with van der Waals surface area (Å²) in [4.78, 5) is 25.6. The van der Waals surface area contributed by atoms with Crippen molar-refractivity contribution in [2.24, 2.45) is 0 Å². The molecule has 28 heavy (non-hydrogen) atoms. The molecule has 1 heterocycles. The molecule has 0 radical (unpaired) electrons. The van der Waals surface area contributed by atoms with E-state index in [2.05, 4.69) is 24.5 Å². The highest BCUT2D eigenvalue weighted by Crippen LogP contribution is 2.29. The van der Waals surface area contributed by atoms with E-state index in [4.69, 9.17) is 0 Å². The molecule has 0 aliphatic rings. The Balaban J connectivity index is 1.77. The number of rotatable bonds is 5. The molecule has 2 N–H and O–H groups in total. The number of carbonyl (C=O) groups excluding carboxylic acids is 2. The molecular formula is C22H21FN2O2S. The lowest BCUT2D eigenvalue weighted by Gasteiger charge is -2.13. The zero-order valence-corrected chi connectivity index (χ0v) is 16.7. The monoisotopic (exact) mass is 396 g/mol. The molecule has 2 amide bonds. The zero-order valence-electron chi connectivity index (χ0n) is 15.9. The minimum atomic E-state index is -0.473. The molecule has 144 valence electrons. The first-order chi connectivity index (χ1) is 13.3. The Morgan fingerprint density at radius 1 is 0.964 bits per heavy atom. The quantitative estimate of drug-likeness (QED) is 0.571. The number of halogens is 1. The Labute approximate surface area is 167 Å². The van der Waals surface area contributed by atoms with Crippen LogP contribution in [0, 0.1) is 12.7 Å².